The molecule has 2 rings (SSSR count). The molecular weight excluding hydrogens is 274 g/mol. The van der Waals surface area contributed by atoms with E-state index in [-0.39, 0.29) is 0 Å². The number of benzene rings is 1. The molecule has 1 aromatic heterocycles. The van der Waals surface area contributed by atoms with Gasteiger partial charge in [-0.1, -0.05) is 37.6 Å². The summed E-state index contributed by atoms with van der Waals surface area (Å²) < 4.78 is 5.79. The van der Waals surface area contributed by atoms with Gasteiger partial charge in [0, 0.05) is 12.1 Å². The minimum atomic E-state index is 0.367. The molecule has 0 saturated heterocycles. The SMILES string of the molecule is CCc1nnc(Oc2ccccc2Cl)c(CN)c1CC. The van der Waals surface area contributed by atoms with Crippen molar-refractivity contribution in [1.29, 1.82) is 0 Å². The summed E-state index contributed by atoms with van der Waals surface area (Å²) in [7, 11) is 0. The number of para-hydroxylation sites is 1. The van der Waals surface area contributed by atoms with Crippen molar-refractivity contribution in [3.05, 3.63) is 46.1 Å². The fourth-order valence-corrected chi connectivity index (χ4v) is 2.33. The van der Waals surface area contributed by atoms with Crippen molar-refractivity contribution >= 4 is 11.6 Å². The van der Waals surface area contributed by atoms with Crippen molar-refractivity contribution in [2.24, 2.45) is 5.73 Å². The number of nitrogens with zero attached hydrogens (tertiary/aromatic N) is 2. The van der Waals surface area contributed by atoms with Gasteiger partial charge >= 0.3 is 0 Å². The summed E-state index contributed by atoms with van der Waals surface area (Å²) in [5, 5.41) is 8.92. The van der Waals surface area contributed by atoms with E-state index in [1.54, 1.807) is 12.1 Å². The van der Waals surface area contributed by atoms with Crippen LogP contribution in [0.4, 0.5) is 0 Å². The molecule has 5 heteroatoms. The van der Waals surface area contributed by atoms with Gasteiger partial charge in [-0.25, -0.2) is 0 Å². The average molecular weight is 292 g/mol. The van der Waals surface area contributed by atoms with Crippen LogP contribution in [0.3, 0.4) is 0 Å². The Balaban J connectivity index is 2.44. The fraction of sp³-hybridized carbons (Fsp3) is 0.333. The largest absolute Gasteiger partial charge is 0.436 e. The van der Waals surface area contributed by atoms with E-state index in [4.69, 9.17) is 22.1 Å². The molecule has 4 nitrogen and oxygen atoms in total. The maximum atomic E-state index is 6.10. The second kappa shape index (κ2) is 6.68. The van der Waals surface area contributed by atoms with Gasteiger partial charge in [0.25, 0.3) is 0 Å². The van der Waals surface area contributed by atoms with Gasteiger partial charge in [0.2, 0.25) is 5.88 Å². The highest BCUT2D eigenvalue weighted by molar-refractivity contribution is 6.32. The van der Waals surface area contributed by atoms with Crippen LogP contribution >= 0.6 is 11.6 Å². The van der Waals surface area contributed by atoms with Gasteiger partial charge in [-0.15, -0.1) is 5.10 Å². The van der Waals surface area contributed by atoms with E-state index in [1.165, 1.54) is 0 Å². The molecule has 0 spiro atoms. The van der Waals surface area contributed by atoms with Crippen molar-refractivity contribution < 1.29 is 4.74 Å². The molecule has 0 bridgehead atoms. The Morgan fingerprint density at radius 2 is 1.85 bits per heavy atom. The predicted octanol–water partition coefficient (Wildman–Crippen LogP) is 3.51. The van der Waals surface area contributed by atoms with Gasteiger partial charge in [-0.3, -0.25) is 0 Å². The zero-order valence-corrected chi connectivity index (χ0v) is 12.4. The summed E-state index contributed by atoms with van der Waals surface area (Å²) in [6.07, 6.45) is 1.68. The molecular formula is C15H18ClN3O. The molecule has 20 heavy (non-hydrogen) atoms. The van der Waals surface area contributed by atoms with Crippen molar-refractivity contribution in [3.63, 3.8) is 0 Å². The first-order valence-corrected chi connectivity index (χ1v) is 7.08. The van der Waals surface area contributed by atoms with Crippen molar-refractivity contribution in [2.45, 2.75) is 33.2 Å². The molecule has 106 valence electrons. The van der Waals surface area contributed by atoms with Gasteiger partial charge in [0.05, 0.1) is 10.7 Å². The molecule has 0 unspecified atom stereocenters. The molecule has 0 saturated carbocycles. The molecule has 1 aromatic carbocycles. The maximum absolute atomic E-state index is 6.10. The van der Waals surface area contributed by atoms with Crippen LogP contribution in [0.15, 0.2) is 24.3 Å². The van der Waals surface area contributed by atoms with E-state index in [0.29, 0.717) is 23.2 Å². The Hall–Kier alpha value is -1.65. The molecule has 2 N–H and O–H groups in total. The normalized spacial score (nSPS) is 10.6. The quantitative estimate of drug-likeness (QED) is 0.916. The lowest BCUT2D eigenvalue weighted by atomic mass is 10.0. The second-order valence-electron chi connectivity index (χ2n) is 4.35. The van der Waals surface area contributed by atoms with Gasteiger partial charge in [-0.2, -0.15) is 5.10 Å². The van der Waals surface area contributed by atoms with Crippen LogP contribution < -0.4 is 10.5 Å². The maximum Gasteiger partial charge on any atom is 0.243 e. The van der Waals surface area contributed by atoms with E-state index >= 15 is 0 Å². The van der Waals surface area contributed by atoms with E-state index in [1.807, 2.05) is 12.1 Å². The number of ether oxygens (including phenoxy) is 1. The van der Waals surface area contributed by atoms with Crippen molar-refractivity contribution in [3.8, 4) is 11.6 Å². The Bertz CT molecular complexity index is 602. The summed E-state index contributed by atoms with van der Waals surface area (Å²) in [4.78, 5) is 0. The number of aryl methyl sites for hydroxylation is 1. The molecule has 1 heterocycles. The minimum Gasteiger partial charge on any atom is -0.436 e. The number of nitrogens with two attached hydrogens (primary N) is 1. The molecule has 2 aromatic rings. The zero-order chi connectivity index (χ0) is 14.5. The van der Waals surface area contributed by atoms with Gasteiger partial charge in [-0.05, 0) is 30.5 Å². The topological polar surface area (TPSA) is 61.0 Å². The Labute approximate surface area is 123 Å². The molecule has 0 fully saturated rings. The first-order valence-electron chi connectivity index (χ1n) is 6.70. The molecule has 0 aliphatic rings. The highest BCUT2D eigenvalue weighted by atomic mass is 35.5. The number of aromatic nitrogens is 2. The van der Waals surface area contributed by atoms with Crippen LogP contribution in [0.25, 0.3) is 0 Å². The Morgan fingerprint density at radius 1 is 1.10 bits per heavy atom. The highest BCUT2D eigenvalue weighted by Gasteiger charge is 2.15. The first-order chi connectivity index (χ1) is 9.71. The van der Waals surface area contributed by atoms with Crippen molar-refractivity contribution in [2.75, 3.05) is 0 Å². The highest BCUT2D eigenvalue weighted by Crippen LogP contribution is 2.31. The smallest absolute Gasteiger partial charge is 0.243 e. The van der Waals surface area contributed by atoms with E-state index in [9.17, 15) is 0 Å². The van der Waals surface area contributed by atoms with Gasteiger partial charge < -0.3 is 10.5 Å². The first kappa shape index (κ1) is 14.8. The van der Waals surface area contributed by atoms with Crippen LogP contribution in [0.5, 0.6) is 11.6 Å². The summed E-state index contributed by atoms with van der Waals surface area (Å²) in [5.74, 6) is 0.999. The number of rotatable bonds is 5. The lowest BCUT2D eigenvalue weighted by molar-refractivity contribution is 0.445. The lowest BCUT2D eigenvalue weighted by Gasteiger charge is -2.14. The molecule has 0 atom stereocenters. The average Bonchev–Trinajstić information content (AvgIpc) is 2.48. The summed E-state index contributed by atoms with van der Waals surface area (Å²) in [5.41, 5.74) is 8.85. The minimum absolute atomic E-state index is 0.367. The van der Waals surface area contributed by atoms with E-state index < -0.39 is 0 Å². The van der Waals surface area contributed by atoms with Gasteiger partial charge in [0.15, 0.2) is 0 Å². The van der Waals surface area contributed by atoms with Gasteiger partial charge in [0.1, 0.15) is 5.75 Å². The molecule has 0 radical (unpaired) electrons. The van der Waals surface area contributed by atoms with E-state index in [2.05, 4.69) is 24.0 Å². The summed E-state index contributed by atoms with van der Waals surface area (Å²) in [6, 6.07) is 7.28. The number of hydrogen-bond acceptors (Lipinski definition) is 4. The van der Waals surface area contributed by atoms with Crippen molar-refractivity contribution in [1.82, 2.24) is 10.2 Å². The number of halogens is 1. The molecule has 0 aliphatic heterocycles. The lowest BCUT2D eigenvalue weighted by Crippen LogP contribution is -2.10. The van der Waals surface area contributed by atoms with Crippen LogP contribution in [0, 0.1) is 0 Å². The number of hydrogen-bond donors (Lipinski definition) is 1. The summed E-state index contributed by atoms with van der Waals surface area (Å²) >= 11 is 6.10. The third-order valence-electron chi connectivity index (χ3n) is 3.17. The Morgan fingerprint density at radius 3 is 2.45 bits per heavy atom. The molecule has 0 amide bonds. The summed E-state index contributed by atoms with van der Waals surface area (Å²) in [6.45, 7) is 4.50. The standard InChI is InChI=1S/C15H18ClN3O/c1-3-10-11(9-17)15(19-18-13(10)4-2)20-14-8-6-5-7-12(14)16/h5-8H,3-4,9,17H2,1-2H3. The van der Waals surface area contributed by atoms with Crippen LogP contribution in [-0.2, 0) is 19.4 Å². The second-order valence-corrected chi connectivity index (χ2v) is 4.76. The zero-order valence-electron chi connectivity index (χ0n) is 11.7. The monoisotopic (exact) mass is 291 g/mol. The molecule has 0 aliphatic carbocycles. The third-order valence-corrected chi connectivity index (χ3v) is 3.48. The van der Waals surface area contributed by atoms with Crippen LogP contribution in [0.1, 0.15) is 30.7 Å². The van der Waals surface area contributed by atoms with Crippen LogP contribution in [0.2, 0.25) is 5.02 Å². The Kier molecular flexibility index (Phi) is 4.93. The third kappa shape index (κ3) is 2.92. The fourth-order valence-electron chi connectivity index (χ4n) is 2.16. The van der Waals surface area contributed by atoms with Crippen LogP contribution in [-0.4, -0.2) is 10.2 Å². The predicted molar refractivity (Wildman–Crippen MR) is 80.2 cm³/mol. The van der Waals surface area contributed by atoms with E-state index in [0.717, 1.165) is 29.7 Å².